The van der Waals surface area contributed by atoms with Crippen LogP contribution in [0, 0.1) is 17.5 Å². The molecule has 0 spiro atoms. The molecule has 0 amide bonds. The van der Waals surface area contributed by atoms with Crippen LogP contribution >= 0.6 is 0 Å². The Morgan fingerprint density at radius 1 is 1.20 bits per heavy atom. The van der Waals surface area contributed by atoms with Crippen LogP contribution in [0.5, 0.6) is 0 Å². The van der Waals surface area contributed by atoms with Gasteiger partial charge in [-0.1, -0.05) is 0 Å². The highest BCUT2D eigenvalue weighted by atomic mass is 19.2. The number of halogens is 3. The summed E-state index contributed by atoms with van der Waals surface area (Å²) < 4.78 is 38.9. The van der Waals surface area contributed by atoms with Crippen LogP contribution in [0.25, 0.3) is 10.9 Å². The first kappa shape index (κ1) is 9.57. The third-order valence-corrected chi connectivity index (χ3v) is 1.99. The largest absolute Gasteiger partial charge is 0.477 e. The first-order chi connectivity index (χ1) is 7.00. The van der Waals surface area contributed by atoms with Crippen molar-refractivity contribution in [2.45, 2.75) is 0 Å². The molecule has 1 aromatic carbocycles. The lowest BCUT2D eigenvalue weighted by molar-refractivity contribution is 0.0691. The number of carboxylic acid groups (broad SMARTS) is 1. The number of aromatic carboxylic acids is 1. The van der Waals surface area contributed by atoms with Gasteiger partial charge in [0.15, 0.2) is 11.6 Å². The number of carbonyl (C=O) groups is 1. The minimum absolute atomic E-state index is 0.286. The Morgan fingerprint density at radius 2 is 1.87 bits per heavy atom. The molecule has 0 unspecified atom stereocenters. The van der Waals surface area contributed by atoms with Crippen molar-refractivity contribution in [3.05, 3.63) is 35.3 Å². The van der Waals surface area contributed by atoms with Crippen molar-refractivity contribution < 1.29 is 23.1 Å². The van der Waals surface area contributed by atoms with Crippen LogP contribution in [-0.4, -0.2) is 16.1 Å². The lowest BCUT2D eigenvalue weighted by Crippen LogP contribution is -1.95. The molecule has 0 fully saturated rings. The summed E-state index contributed by atoms with van der Waals surface area (Å²) in [6.07, 6.45) is 0. The Kier molecular flexibility index (Phi) is 1.92. The van der Waals surface area contributed by atoms with Crippen LogP contribution in [0.3, 0.4) is 0 Å². The van der Waals surface area contributed by atoms with Crippen molar-refractivity contribution in [2.75, 3.05) is 0 Å². The third-order valence-electron chi connectivity index (χ3n) is 1.99. The van der Waals surface area contributed by atoms with Crippen molar-refractivity contribution in [3.8, 4) is 0 Å². The minimum Gasteiger partial charge on any atom is -0.477 e. The first-order valence-electron chi connectivity index (χ1n) is 3.90. The summed E-state index contributed by atoms with van der Waals surface area (Å²) in [5, 5.41) is 8.28. The van der Waals surface area contributed by atoms with E-state index in [2.05, 4.69) is 4.98 Å². The number of aromatic nitrogens is 1. The van der Waals surface area contributed by atoms with Crippen molar-refractivity contribution in [1.82, 2.24) is 4.98 Å². The van der Waals surface area contributed by atoms with Gasteiger partial charge in [-0.25, -0.2) is 18.0 Å². The van der Waals surface area contributed by atoms with E-state index in [1.54, 1.807) is 0 Å². The van der Waals surface area contributed by atoms with E-state index < -0.39 is 34.6 Å². The third kappa shape index (κ3) is 1.34. The smallest absolute Gasteiger partial charge is 0.352 e. The molecule has 15 heavy (non-hydrogen) atoms. The van der Waals surface area contributed by atoms with E-state index in [0.29, 0.717) is 6.07 Å². The van der Waals surface area contributed by atoms with E-state index in [9.17, 15) is 18.0 Å². The van der Waals surface area contributed by atoms with Gasteiger partial charge in [0.2, 0.25) is 0 Å². The number of H-pyrrole nitrogens is 1. The van der Waals surface area contributed by atoms with E-state index in [1.807, 2.05) is 0 Å². The van der Waals surface area contributed by atoms with Gasteiger partial charge in [-0.05, 0) is 6.07 Å². The zero-order chi connectivity index (χ0) is 11.2. The highest BCUT2D eigenvalue weighted by Crippen LogP contribution is 2.24. The lowest BCUT2D eigenvalue weighted by atomic mass is 10.2. The van der Waals surface area contributed by atoms with Crippen LogP contribution in [0.4, 0.5) is 13.2 Å². The molecule has 0 radical (unpaired) electrons. The summed E-state index contributed by atoms with van der Waals surface area (Å²) in [7, 11) is 0. The number of hydrogen-bond donors (Lipinski definition) is 2. The molecular formula is C9H4F3NO2. The predicted octanol–water partition coefficient (Wildman–Crippen LogP) is 2.28. The summed E-state index contributed by atoms with van der Waals surface area (Å²) in [5.74, 6) is -5.03. The minimum atomic E-state index is -1.37. The Bertz CT molecular complexity index is 562. The van der Waals surface area contributed by atoms with Crippen molar-refractivity contribution in [1.29, 1.82) is 0 Å². The van der Waals surface area contributed by atoms with Gasteiger partial charge in [-0.2, -0.15) is 0 Å². The van der Waals surface area contributed by atoms with Gasteiger partial charge in [-0.15, -0.1) is 0 Å². The fourth-order valence-electron chi connectivity index (χ4n) is 1.30. The van der Waals surface area contributed by atoms with Crippen LogP contribution in [0.15, 0.2) is 12.1 Å². The maximum atomic E-state index is 13.1. The zero-order valence-corrected chi connectivity index (χ0v) is 7.14. The van der Waals surface area contributed by atoms with Crippen molar-refractivity contribution >= 4 is 16.9 Å². The average Bonchev–Trinajstić information content (AvgIpc) is 2.59. The Balaban J connectivity index is 2.85. The molecule has 3 nitrogen and oxygen atoms in total. The number of rotatable bonds is 1. The van der Waals surface area contributed by atoms with E-state index in [-0.39, 0.29) is 5.39 Å². The molecule has 0 atom stereocenters. The van der Waals surface area contributed by atoms with E-state index in [4.69, 9.17) is 5.11 Å². The van der Waals surface area contributed by atoms with Gasteiger partial charge >= 0.3 is 5.97 Å². The molecule has 6 heteroatoms. The van der Waals surface area contributed by atoms with E-state index >= 15 is 0 Å². The van der Waals surface area contributed by atoms with Crippen LogP contribution in [0.1, 0.15) is 10.5 Å². The summed E-state index contributed by atoms with van der Waals surface area (Å²) in [4.78, 5) is 12.6. The second-order valence-electron chi connectivity index (χ2n) is 2.93. The van der Waals surface area contributed by atoms with Crippen molar-refractivity contribution in [2.24, 2.45) is 0 Å². The molecular weight excluding hydrogens is 211 g/mol. The number of nitrogens with one attached hydrogen (secondary N) is 1. The molecule has 2 aromatic rings. The topological polar surface area (TPSA) is 53.1 Å². The monoisotopic (exact) mass is 215 g/mol. The summed E-state index contributed by atoms with van der Waals surface area (Å²) in [6, 6.07) is 1.28. The lowest BCUT2D eigenvalue weighted by Gasteiger charge is -1.95. The number of carboxylic acids is 1. The van der Waals surface area contributed by atoms with Crippen LogP contribution < -0.4 is 0 Å². The molecule has 0 bridgehead atoms. The SMILES string of the molecule is O=C(O)c1cc2c(F)cc(F)c(F)c2[nH]1. The molecule has 0 aliphatic carbocycles. The summed E-state index contributed by atoms with van der Waals surface area (Å²) >= 11 is 0. The fraction of sp³-hybridized carbons (Fsp3) is 0. The van der Waals surface area contributed by atoms with Gasteiger partial charge in [0, 0.05) is 11.5 Å². The second kappa shape index (κ2) is 3.01. The van der Waals surface area contributed by atoms with Gasteiger partial charge in [0.25, 0.3) is 0 Å². The number of hydrogen-bond acceptors (Lipinski definition) is 1. The molecule has 0 saturated heterocycles. The Labute approximate surface area is 81.1 Å². The molecule has 2 rings (SSSR count). The summed E-state index contributed by atoms with van der Waals surface area (Å²) in [6.45, 7) is 0. The highest BCUT2D eigenvalue weighted by molar-refractivity contribution is 5.94. The first-order valence-corrected chi connectivity index (χ1v) is 3.90. The van der Waals surface area contributed by atoms with Gasteiger partial charge < -0.3 is 10.1 Å². The van der Waals surface area contributed by atoms with Crippen molar-refractivity contribution in [3.63, 3.8) is 0 Å². The standard InChI is InChI=1S/C9H4F3NO2/c10-4-2-5(11)7(12)8-3(4)1-6(13-8)9(14)15/h1-2,13H,(H,14,15). The summed E-state index contributed by atoms with van der Waals surface area (Å²) in [5.41, 5.74) is -0.877. The molecule has 0 aliphatic heterocycles. The number of benzene rings is 1. The van der Waals surface area contributed by atoms with E-state index in [1.165, 1.54) is 0 Å². The molecule has 2 N–H and O–H groups in total. The zero-order valence-electron chi connectivity index (χ0n) is 7.14. The predicted molar refractivity (Wildman–Crippen MR) is 45.1 cm³/mol. The number of aromatic amines is 1. The second-order valence-corrected chi connectivity index (χ2v) is 2.93. The molecule has 1 heterocycles. The Morgan fingerprint density at radius 3 is 2.47 bits per heavy atom. The Hall–Kier alpha value is -1.98. The van der Waals surface area contributed by atoms with E-state index in [0.717, 1.165) is 6.07 Å². The number of fused-ring (bicyclic) bond motifs is 1. The average molecular weight is 215 g/mol. The maximum absolute atomic E-state index is 13.1. The maximum Gasteiger partial charge on any atom is 0.352 e. The van der Waals surface area contributed by atoms with Gasteiger partial charge in [-0.3, -0.25) is 0 Å². The highest BCUT2D eigenvalue weighted by Gasteiger charge is 2.17. The van der Waals surface area contributed by atoms with Gasteiger partial charge in [0.05, 0.1) is 5.52 Å². The molecule has 1 aromatic heterocycles. The molecule has 0 saturated carbocycles. The van der Waals surface area contributed by atoms with Crippen LogP contribution in [-0.2, 0) is 0 Å². The fourth-order valence-corrected chi connectivity index (χ4v) is 1.30. The van der Waals surface area contributed by atoms with Crippen LogP contribution in [0.2, 0.25) is 0 Å². The molecule has 0 aliphatic rings. The molecule has 78 valence electrons. The normalized spacial score (nSPS) is 10.9. The van der Waals surface area contributed by atoms with Gasteiger partial charge in [0.1, 0.15) is 11.5 Å². The quantitative estimate of drug-likeness (QED) is 0.717.